The van der Waals surface area contributed by atoms with Gasteiger partial charge in [0.15, 0.2) is 0 Å². The number of hydrogen-bond acceptors (Lipinski definition) is 0. The van der Waals surface area contributed by atoms with E-state index < -0.39 is 18.4 Å². The van der Waals surface area contributed by atoms with Crippen LogP contribution < -0.4 is 3.58 Å². The van der Waals surface area contributed by atoms with Crippen molar-refractivity contribution in [3.8, 4) is 0 Å². The molecular weight excluding hydrogens is 343 g/mol. The second kappa shape index (κ2) is 5.70. The Morgan fingerprint density at radius 1 is 0.722 bits per heavy atom. The molecule has 2 heteroatoms. The first kappa shape index (κ1) is 14.0. The summed E-state index contributed by atoms with van der Waals surface area (Å²) in [5.74, 6) is 0. The van der Waals surface area contributed by atoms with E-state index in [0.717, 1.165) is 0 Å². The second-order valence-electron chi connectivity index (χ2n) is 5.60. The molecule has 0 radical (unpaired) electrons. The minimum absolute atomic E-state index is 0.191. The molecule has 0 fully saturated rings. The minimum atomic E-state index is -1.88. The van der Waals surface area contributed by atoms with Crippen LogP contribution in [0.3, 0.4) is 0 Å². The molecule has 1 atom stereocenters. The molecule has 0 aliphatic carbocycles. The molecule has 2 aromatic carbocycles. The van der Waals surface area contributed by atoms with Gasteiger partial charge in [0.25, 0.3) is 0 Å². The van der Waals surface area contributed by atoms with E-state index in [9.17, 15) is 0 Å². The molecule has 1 unspecified atom stereocenters. The third-order valence-electron chi connectivity index (χ3n) is 3.17. The molecule has 0 bridgehead atoms. The maximum absolute atomic E-state index is 2.46. The molecule has 0 amide bonds. The Morgan fingerprint density at radius 2 is 1.22 bits per heavy atom. The Labute approximate surface area is 118 Å². The van der Waals surface area contributed by atoms with Gasteiger partial charge in [0.2, 0.25) is 0 Å². The summed E-state index contributed by atoms with van der Waals surface area (Å²) in [4.78, 5) is 10.3. The van der Waals surface area contributed by atoms with Crippen LogP contribution in [0.4, 0.5) is 0 Å². The molecule has 0 nitrogen and oxygen atoms in total. The Balaban J connectivity index is 2.25. The van der Waals surface area contributed by atoms with Crippen molar-refractivity contribution in [1.29, 1.82) is 0 Å². The fourth-order valence-electron chi connectivity index (χ4n) is 1.92. The normalized spacial score (nSPS) is 13.3. The summed E-state index contributed by atoms with van der Waals surface area (Å²) in [6, 6.07) is 20.1. The van der Waals surface area contributed by atoms with Crippen molar-refractivity contribution < 1.29 is 0 Å². The Hall–Kier alpha value is -0.411. The predicted molar refractivity (Wildman–Crippen MR) is 85.7 cm³/mol. The van der Waals surface area contributed by atoms with Crippen molar-refractivity contribution in [2.45, 2.75) is 24.6 Å². The SMILES string of the molecule is C[S+](c1ccccc1)c1cc[c]([Sn]([CH3])([CH3])[CH3])cc1. The molecule has 0 N–H and O–H groups in total. The Kier molecular flexibility index (Phi) is 4.44. The van der Waals surface area contributed by atoms with Gasteiger partial charge < -0.3 is 0 Å². The van der Waals surface area contributed by atoms with E-state index in [1.165, 1.54) is 9.79 Å². The summed E-state index contributed by atoms with van der Waals surface area (Å²) in [5, 5.41) is 0. The van der Waals surface area contributed by atoms with Crippen molar-refractivity contribution in [3.05, 3.63) is 54.6 Å². The van der Waals surface area contributed by atoms with E-state index in [4.69, 9.17) is 0 Å². The third kappa shape index (κ3) is 3.32. The van der Waals surface area contributed by atoms with Crippen LogP contribution in [0.1, 0.15) is 0 Å². The summed E-state index contributed by atoms with van der Waals surface area (Å²) < 4.78 is 1.61. The number of benzene rings is 2. The van der Waals surface area contributed by atoms with E-state index in [-0.39, 0.29) is 10.9 Å². The van der Waals surface area contributed by atoms with Gasteiger partial charge in [-0.25, -0.2) is 0 Å². The van der Waals surface area contributed by atoms with Gasteiger partial charge in [-0.05, 0) is 0 Å². The summed E-state index contributed by atoms with van der Waals surface area (Å²) >= 11 is -1.88. The van der Waals surface area contributed by atoms with Crippen LogP contribution in [-0.4, -0.2) is 24.6 Å². The van der Waals surface area contributed by atoms with Crippen LogP contribution in [-0.2, 0) is 10.9 Å². The van der Waals surface area contributed by atoms with Crippen LogP contribution in [0, 0.1) is 0 Å². The van der Waals surface area contributed by atoms with Crippen molar-refractivity contribution in [1.82, 2.24) is 0 Å². The maximum atomic E-state index is 2.46. The van der Waals surface area contributed by atoms with Gasteiger partial charge in [-0.15, -0.1) is 0 Å². The van der Waals surface area contributed by atoms with Crippen LogP contribution in [0.5, 0.6) is 0 Å². The first-order chi connectivity index (χ1) is 8.48. The molecule has 2 aromatic rings. The van der Waals surface area contributed by atoms with Gasteiger partial charge in [-0.2, -0.15) is 0 Å². The Bertz CT molecular complexity index is 497. The van der Waals surface area contributed by atoms with Crippen LogP contribution >= 0.6 is 0 Å². The van der Waals surface area contributed by atoms with Gasteiger partial charge in [0, 0.05) is 0 Å². The first-order valence-corrected chi connectivity index (χ1v) is 17.9. The van der Waals surface area contributed by atoms with Gasteiger partial charge in [0.05, 0.1) is 0 Å². The monoisotopic (exact) mass is 365 g/mol. The number of hydrogen-bond donors (Lipinski definition) is 0. The van der Waals surface area contributed by atoms with E-state index in [2.05, 4.69) is 75.7 Å². The van der Waals surface area contributed by atoms with E-state index in [1.54, 1.807) is 3.58 Å². The van der Waals surface area contributed by atoms with E-state index >= 15 is 0 Å². The summed E-state index contributed by atoms with van der Waals surface area (Å²) in [7, 11) is 0.191. The van der Waals surface area contributed by atoms with Crippen molar-refractivity contribution in [3.63, 3.8) is 0 Å². The molecule has 0 saturated carbocycles. The molecule has 0 aliphatic heterocycles. The van der Waals surface area contributed by atoms with E-state index in [1.807, 2.05) is 0 Å². The van der Waals surface area contributed by atoms with Crippen molar-refractivity contribution in [2.24, 2.45) is 0 Å². The predicted octanol–water partition coefficient (Wildman–Crippen LogP) is 3.90. The van der Waals surface area contributed by atoms with Crippen molar-refractivity contribution >= 4 is 32.9 Å². The number of rotatable bonds is 3. The van der Waals surface area contributed by atoms with Gasteiger partial charge in [0.1, 0.15) is 0 Å². The molecule has 2 rings (SSSR count). The second-order valence-corrected chi connectivity index (χ2v) is 22.1. The van der Waals surface area contributed by atoms with Crippen LogP contribution in [0.15, 0.2) is 64.4 Å². The summed E-state index contributed by atoms with van der Waals surface area (Å²) in [5.41, 5.74) is 0. The standard InChI is InChI=1S/C13H12S.3CH3.Sn/c1-14(12-8-4-2-5-9-12)13-10-6-3-7-11-13;;;;/h2,4-11H,1H3;3*1H3;/q+1;;;;. The van der Waals surface area contributed by atoms with Gasteiger partial charge in [-0.1, -0.05) is 0 Å². The zero-order valence-corrected chi connectivity index (χ0v) is 15.3. The molecule has 94 valence electrons. The molecular formula is C16H21SSn+. The topological polar surface area (TPSA) is 0 Å². The Morgan fingerprint density at radius 3 is 1.72 bits per heavy atom. The van der Waals surface area contributed by atoms with E-state index in [0.29, 0.717) is 0 Å². The molecule has 0 aliphatic rings. The summed E-state index contributed by atoms with van der Waals surface area (Å²) in [6.07, 6.45) is 2.31. The van der Waals surface area contributed by atoms with Crippen molar-refractivity contribution in [2.75, 3.05) is 6.26 Å². The molecule has 0 saturated heterocycles. The fourth-order valence-corrected chi connectivity index (χ4v) is 6.63. The zero-order chi connectivity index (χ0) is 13.2. The first-order valence-electron chi connectivity index (χ1n) is 6.30. The summed E-state index contributed by atoms with van der Waals surface area (Å²) in [6.45, 7) is 0. The quantitative estimate of drug-likeness (QED) is 0.573. The average Bonchev–Trinajstić information content (AvgIpc) is 2.38. The average molecular weight is 364 g/mol. The van der Waals surface area contributed by atoms with Crippen LogP contribution in [0.25, 0.3) is 0 Å². The molecule has 0 aromatic heterocycles. The molecule has 0 heterocycles. The molecule has 0 spiro atoms. The fraction of sp³-hybridized carbons (Fsp3) is 0.250. The van der Waals surface area contributed by atoms with Gasteiger partial charge in [-0.3, -0.25) is 0 Å². The third-order valence-corrected chi connectivity index (χ3v) is 11.0. The van der Waals surface area contributed by atoms with Gasteiger partial charge >= 0.3 is 118 Å². The molecule has 18 heavy (non-hydrogen) atoms. The zero-order valence-electron chi connectivity index (χ0n) is 11.6. The van der Waals surface area contributed by atoms with Crippen LogP contribution in [0.2, 0.25) is 14.8 Å².